The summed E-state index contributed by atoms with van der Waals surface area (Å²) >= 11 is 0. The van der Waals surface area contributed by atoms with Gasteiger partial charge in [-0.15, -0.1) is 11.8 Å². The minimum atomic E-state index is -0.754. The summed E-state index contributed by atoms with van der Waals surface area (Å²) in [5.41, 5.74) is 0.874. The first-order valence-electron chi connectivity index (χ1n) is 5.43. The second-order valence-corrected chi connectivity index (χ2v) is 3.62. The maximum Gasteiger partial charge on any atom is 0.310 e. The van der Waals surface area contributed by atoms with Gasteiger partial charge in [0.15, 0.2) is 0 Å². The number of carboxylic acid groups (broad SMARTS) is 1. The van der Waals surface area contributed by atoms with E-state index in [0.717, 1.165) is 18.4 Å². The number of hydrogen-bond donors (Lipinski definition) is 1. The normalized spacial score (nSPS) is 11.3. The summed E-state index contributed by atoms with van der Waals surface area (Å²) in [7, 11) is 0. The molecule has 0 aliphatic carbocycles. The summed E-state index contributed by atoms with van der Waals surface area (Å²) < 4.78 is 0. The molecule has 2 nitrogen and oxygen atoms in total. The Labute approximate surface area is 96.3 Å². The zero-order chi connectivity index (χ0) is 11.8. The number of unbranched alkanes of at least 4 members (excludes halogenated alkanes) is 1. The highest BCUT2D eigenvalue weighted by atomic mass is 16.4. The smallest absolute Gasteiger partial charge is 0.310 e. The van der Waals surface area contributed by atoms with Gasteiger partial charge in [0.2, 0.25) is 0 Å². The number of aliphatic carboxylic acids is 1. The van der Waals surface area contributed by atoms with Crippen molar-refractivity contribution < 1.29 is 9.90 Å². The molecule has 1 aromatic carbocycles. The summed E-state index contributed by atoms with van der Waals surface area (Å²) in [5.74, 6) is 4.61. The third kappa shape index (κ3) is 3.78. The Morgan fingerprint density at radius 3 is 2.62 bits per heavy atom. The van der Waals surface area contributed by atoms with Crippen LogP contribution in [0.25, 0.3) is 0 Å². The lowest BCUT2D eigenvalue weighted by molar-refractivity contribution is -0.139. The molecular formula is C14H16O2. The van der Waals surface area contributed by atoms with Crippen LogP contribution in [0, 0.1) is 11.8 Å². The number of rotatable bonds is 5. The molecule has 1 aromatic rings. The molecule has 0 saturated carbocycles. The van der Waals surface area contributed by atoms with Crippen molar-refractivity contribution >= 4 is 5.97 Å². The molecular weight excluding hydrogens is 200 g/mol. The predicted molar refractivity (Wildman–Crippen MR) is 64.1 cm³/mol. The molecule has 1 atom stereocenters. The standard InChI is InChI=1S/C14H16O2/c1-2-3-4-8-11-13(14(15)16)12-9-6-5-7-10-12/h5-7,9-10,13H,4,8,11H2,1H3,(H,15,16). The van der Waals surface area contributed by atoms with Crippen molar-refractivity contribution in [2.75, 3.05) is 0 Å². The Morgan fingerprint density at radius 1 is 1.38 bits per heavy atom. The van der Waals surface area contributed by atoms with Gasteiger partial charge in [0, 0.05) is 6.42 Å². The van der Waals surface area contributed by atoms with Crippen molar-refractivity contribution in [1.29, 1.82) is 0 Å². The first kappa shape index (κ1) is 12.3. The average molecular weight is 216 g/mol. The molecule has 1 rings (SSSR count). The van der Waals surface area contributed by atoms with E-state index in [1.54, 1.807) is 6.92 Å². The molecule has 0 bridgehead atoms. The van der Waals surface area contributed by atoms with Gasteiger partial charge in [-0.1, -0.05) is 30.3 Å². The summed E-state index contributed by atoms with van der Waals surface area (Å²) in [6, 6.07) is 9.37. The van der Waals surface area contributed by atoms with Gasteiger partial charge in [0.05, 0.1) is 5.92 Å². The van der Waals surface area contributed by atoms with Crippen LogP contribution in [-0.4, -0.2) is 11.1 Å². The second kappa shape index (κ2) is 6.68. The van der Waals surface area contributed by atoms with Gasteiger partial charge in [0.25, 0.3) is 0 Å². The highest BCUT2D eigenvalue weighted by Crippen LogP contribution is 2.21. The molecule has 0 heterocycles. The van der Waals surface area contributed by atoms with Crippen molar-refractivity contribution in [2.24, 2.45) is 0 Å². The van der Waals surface area contributed by atoms with Crippen molar-refractivity contribution in [2.45, 2.75) is 32.1 Å². The van der Waals surface area contributed by atoms with Crippen molar-refractivity contribution in [3.63, 3.8) is 0 Å². The van der Waals surface area contributed by atoms with Crippen LogP contribution in [0.4, 0.5) is 0 Å². The van der Waals surface area contributed by atoms with E-state index in [1.807, 2.05) is 30.3 Å². The number of carbonyl (C=O) groups is 1. The van der Waals surface area contributed by atoms with E-state index < -0.39 is 11.9 Å². The molecule has 1 N–H and O–H groups in total. The van der Waals surface area contributed by atoms with E-state index in [2.05, 4.69) is 11.8 Å². The van der Waals surface area contributed by atoms with E-state index in [-0.39, 0.29) is 0 Å². The Balaban J connectivity index is 2.61. The van der Waals surface area contributed by atoms with Crippen LogP contribution in [0.5, 0.6) is 0 Å². The summed E-state index contributed by atoms with van der Waals surface area (Å²) in [4.78, 5) is 11.1. The number of hydrogen-bond acceptors (Lipinski definition) is 1. The fourth-order valence-electron chi connectivity index (χ4n) is 1.64. The molecule has 0 spiro atoms. The molecule has 1 unspecified atom stereocenters. The number of benzene rings is 1. The van der Waals surface area contributed by atoms with Crippen LogP contribution < -0.4 is 0 Å². The molecule has 0 saturated heterocycles. The highest BCUT2D eigenvalue weighted by Gasteiger charge is 2.18. The molecule has 0 radical (unpaired) electrons. The fraction of sp³-hybridized carbons (Fsp3) is 0.357. The van der Waals surface area contributed by atoms with Gasteiger partial charge >= 0.3 is 5.97 Å². The van der Waals surface area contributed by atoms with Crippen LogP contribution in [0.3, 0.4) is 0 Å². The van der Waals surface area contributed by atoms with Gasteiger partial charge in [-0.3, -0.25) is 4.79 Å². The van der Waals surface area contributed by atoms with Gasteiger partial charge in [-0.05, 0) is 25.3 Å². The topological polar surface area (TPSA) is 37.3 Å². The Bertz CT molecular complexity index is 384. The second-order valence-electron chi connectivity index (χ2n) is 3.62. The minimum Gasteiger partial charge on any atom is -0.481 e. The largest absolute Gasteiger partial charge is 0.481 e. The van der Waals surface area contributed by atoms with Gasteiger partial charge in [-0.25, -0.2) is 0 Å². The summed E-state index contributed by atoms with van der Waals surface area (Å²) in [5, 5.41) is 9.15. The molecule has 16 heavy (non-hydrogen) atoms. The van der Waals surface area contributed by atoms with E-state index in [1.165, 1.54) is 0 Å². The fourth-order valence-corrected chi connectivity index (χ4v) is 1.64. The van der Waals surface area contributed by atoms with Crippen LogP contribution >= 0.6 is 0 Å². The lowest BCUT2D eigenvalue weighted by Gasteiger charge is -2.11. The molecule has 0 amide bonds. The van der Waals surface area contributed by atoms with Crippen LogP contribution in [0.2, 0.25) is 0 Å². The monoisotopic (exact) mass is 216 g/mol. The number of carboxylic acids is 1. The van der Waals surface area contributed by atoms with Gasteiger partial charge in [0.1, 0.15) is 0 Å². The molecule has 84 valence electrons. The molecule has 0 aliphatic heterocycles. The van der Waals surface area contributed by atoms with Crippen LogP contribution in [-0.2, 0) is 4.79 Å². The van der Waals surface area contributed by atoms with Gasteiger partial charge in [-0.2, -0.15) is 0 Å². The van der Waals surface area contributed by atoms with Crippen LogP contribution in [0.15, 0.2) is 30.3 Å². The SMILES string of the molecule is CC#CCCCC(C(=O)O)c1ccccc1. The molecule has 2 heteroatoms. The Hall–Kier alpha value is -1.75. The zero-order valence-corrected chi connectivity index (χ0v) is 9.44. The summed E-state index contributed by atoms with van der Waals surface area (Å²) in [6.07, 6.45) is 2.24. The third-order valence-electron chi connectivity index (χ3n) is 2.47. The third-order valence-corrected chi connectivity index (χ3v) is 2.47. The zero-order valence-electron chi connectivity index (χ0n) is 9.44. The molecule has 0 fully saturated rings. The maximum absolute atomic E-state index is 11.1. The lowest BCUT2D eigenvalue weighted by atomic mass is 9.94. The van der Waals surface area contributed by atoms with Crippen LogP contribution in [0.1, 0.15) is 37.7 Å². The highest BCUT2D eigenvalue weighted by molar-refractivity contribution is 5.75. The molecule has 0 aromatic heterocycles. The van der Waals surface area contributed by atoms with E-state index in [0.29, 0.717) is 6.42 Å². The quantitative estimate of drug-likeness (QED) is 0.606. The maximum atomic E-state index is 11.1. The van der Waals surface area contributed by atoms with Gasteiger partial charge < -0.3 is 5.11 Å². The van der Waals surface area contributed by atoms with E-state index >= 15 is 0 Å². The average Bonchev–Trinajstić information content (AvgIpc) is 2.30. The van der Waals surface area contributed by atoms with E-state index in [9.17, 15) is 4.79 Å². The van der Waals surface area contributed by atoms with E-state index in [4.69, 9.17) is 5.11 Å². The lowest BCUT2D eigenvalue weighted by Crippen LogP contribution is -2.11. The predicted octanol–water partition coefficient (Wildman–Crippen LogP) is 3.05. The Morgan fingerprint density at radius 2 is 2.06 bits per heavy atom. The van der Waals surface area contributed by atoms with Crippen molar-refractivity contribution in [1.82, 2.24) is 0 Å². The first-order valence-corrected chi connectivity index (χ1v) is 5.43. The summed E-state index contributed by atoms with van der Waals surface area (Å²) in [6.45, 7) is 1.80. The molecule has 0 aliphatic rings. The van der Waals surface area contributed by atoms with Crippen molar-refractivity contribution in [3.8, 4) is 11.8 Å². The Kier molecular flexibility index (Phi) is 5.15. The first-order chi connectivity index (χ1) is 7.75. The minimum absolute atomic E-state index is 0.403. The van der Waals surface area contributed by atoms with Crippen molar-refractivity contribution in [3.05, 3.63) is 35.9 Å².